The number of urea groups is 1. The number of benzene rings is 2. The number of anilines is 1. The highest BCUT2D eigenvalue weighted by molar-refractivity contribution is 7.98. The van der Waals surface area contributed by atoms with E-state index in [9.17, 15) is 13.2 Å². The minimum absolute atomic E-state index is 0.0463. The van der Waals surface area contributed by atoms with Gasteiger partial charge in [0.2, 0.25) is 0 Å². The molecular formula is C19H24N2O4S2. The summed E-state index contributed by atoms with van der Waals surface area (Å²) in [5.74, 6) is 0.228. The fourth-order valence-corrected chi connectivity index (χ4v) is 3.29. The monoisotopic (exact) mass is 408 g/mol. The zero-order valence-electron chi connectivity index (χ0n) is 15.8. The van der Waals surface area contributed by atoms with Gasteiger partial charge >= 0.3 is 16.1 Å². The van der Waals surface area contributed by atoms with Crippen molar-refractivity contribution in [3.8, 4) is 5.75 Å². The number of hydrogen-bond donors (Lipinski definition) is 1. The molecule has 1 N–H and O–H groups in total. The highest BCUT2D eigenvalue weighted by atomic mass is 32.2. The third kappa shape index (κ3) is 6.80. The summed E-state index contributed by atoms with van der Waals surface area (Å²) in [6.45, 7) is 4.17. The van der Waals surface area contributed by atoms with Crippen LogP contribution in [0.25, 0.3) is 0 Å². The Morgan fingerprint density at radius 3 is 2.41 bits per heavy atom. The molecule has 0 unspecified atom stereocenters. The van der Waals surface area contributed by atoms with Crippen LogP contribution >= 0.6 is 11.8 Å². The first kappa shape index (κ1) is 21.1. The topological polar surface area (TPSA) is 75.7 Å². The minimum Gasteiger partial charge on any atom is -0.383 e. The van der Waals surface area contributed by atoms with E-state index in [1.807, 2.05) is 50.4 Å². The molecule has 2 amide bonds. The zero-order valence-corrected chi connectivity index (χ0v) is 17.4. The van der Waals surface area contributed by atoms with Gasteiger partial charge in [-0.15, -0.1) is 11.8 Å². The van der Waals surface area contributed by atoms with E-state index in [4.69, 9.17) is 4.18 Å². The number of carbonyl (C=O) groups excluding carboxylic acids is 1. The van der Waals surface area contributed by atoms with Crippen LogP contribution in [0.5, 0.6) is 5.75 Å². The molecule has 0 aromatic heterocycles. The Morgan fingerprint density at radius 2 is 1.85 bits per heavy atom. The van der Waals surface area contributed by atoms with Gasteiger partial charge in [0.15, 0.2) is 0 Å². The molecule has 0 heterocycles. The quantitative estimate of drug-likeness (QED) is 0.549. The molecule has 2 aromatic carbocycles. The smallest absolute Gasteiger partial charge is 0.322 e. The normalized spacial score (nSPS) is 11.3. The molecule has 0 fully saturated rings. The Morgan fingerprint density at radius 1 is 1.19 bits per heavy atom. The van der Waals surface area contributed by atoms with E-state index < -0.39 is 10.1 Å². The molecule has 6 nitrogen and oxygen atoms in total. The van der Waals surface area contributed by atoms with E-state index in [1.54, 1.807) is 34.9 Å². The van der Waals surface area contributed by atoms with Crippen LogP contribution in [0.2, 0.25) is 0 Å². The van der Waals surface area contributed by atoms with Gasteiger partial charge in [-0.3, -0.25) is 0 Å². The number of thioether (sulfide) groups is 1. The molecular weight excluding hydrogens is 384 g/mol. The van der Waals surface area contributed by atoms with Gasteiger partial charge in [0.05, 0.1) is 6.26 Å². The fourth-order valence-electron chi connectivity index (χ4n) is 2.43. The van der Waals surface area contributed by atoms with Gasteiger partial charge in [-0.25, -0.2) is 4.79 Å². The molecule has 0 bridgehead atoms. The number of amides is 2. The van der Waals surface area contributed by atoms with Crippen molar-refractivity contribution in [3.05, 3.63) is 54.1 Å². The molecule has 8 heteroatoms. The second-order valence-electron chi connectivity index (χ2n) is 6.32. The highest BCUT2D eigenvalue weighted by Gasteiger charge is 2.18. The predicted octanol–water partition coefficient (Wildman–Crippen LogP) is 4.19. The van der Waals surface area contributed by atoms with Crippen LogP contribution in [-0.4, -0.2) is 37.9 Å². The second-order valence-corrected chi connectivity index (χ2v) is 8.77. The van der Waals surface area contributed by atoms with Gasteiger partial charge in [-0.05, 0) is 62.1 Å². The maximum Gasteiger partial charge on any atom is 0.322 e. The summed E-state index contributed by atoms with van der Waals surface area (Å²) < 4.78 is 27.5. The van der Waals surface area contributed by atoms with Gasteiger partial charge in [0.1, 0.15) is 5.75 Å². The van der Waals surface area contributed by atoms with Gasteiger partial charge in [-0.1, -0.05) is 12.1 Å². The van der Waals surface area contributed by atoms with E-state index >= 15 is 0 Å². The third-order valence-corrected chi connectivity index (χ3v) is 4.96. The standard InChI is InChI=1S/C19H24N2O4S2/c1-14(2)21(19(22)20-16-8-10-18(26-3)11-9-16)13-15-6-5-7-17(12-15)25-27(4,23)24/h5-12,14H,13H2,1-4H3,(H,20,22). The minimum atomic E-state index is -3.60. The molecule has 2 rings (SSSR count). The Hall–Kier alpha value is -2.19. The Balaban J connectivity index is 2.12. The summed E-state index contributed by atoms with van der Waals surface area (Å²) in [5, 5.41) is 2.90. The number of rotatable bonds is 7. The lowest BCUT2D eigenvalue weighted by Gasteiger charge is -2.27. The van der Waals surface area contributed by atoms with Gasteiger partial charge in [0, 0.05) is 23.2 Å². The largest absolute Gasteiger partial charge is 0.383 e. The molecule has 0 radical (unpaired) electrons. The lowest BCUT2D eigenvalue weighted by atomic mass is 10.2. The average molecular weight is 409 g/mol. The summed E-state index contributed by atoms with van der Waals surface area (Å²) in [7, 11) is -3.60. The van der Waals surface area contributed by atoms with Crippen molar-refractivity contribution in [3.63, 3.8) is 0 Å². The molecule has 0 saturated heterocycles. The first-order valence-corrected chi connectivity index (χ1v) is 11.4. The van der Waals surface area contributed by atoms with E-state index in [-0.39, 0.29) is 17.8 Å². The van der Waals surface area contributed by atoms with Crippen LogP contribution in [0.4, 0.5) is 10.5 Å². The Kier molecular flexibility index (Phi) is 7.15. The molecule has 0 aliphatic rings. The molecule has 0 atom stereocenters. The van der Waals surface area contributed by atoms with Crippen LogP contribution in [0.3, 0.4) is 0 Å². The highest BCUT2D eigenvalue weighted by Crippen LogP contribution is 2.20. The van der Waals surface area contributed by atoms with Crippen molar-refractivity contribution in [2.75, 3.05) is 17.8 Å². The maximum atomic E-state index is 12.7. The van der Waals surface area contributed by atoms with E-state index in [1.165, 1.54) is 0 Å². The van der Waals surface area contributed by atoms with Crippen molar-refractivity contribution < 1.29 is 17.4 Å². The zero-order chi connectivity index (χ0) is 20.0. The summed E-state index contributed by atoms with van der Waals surface area (Å²) in [4.78, 5) is 15.5. The second kappa shape index (κ2) is 9.14. The molecule has 2 aromatic rings. The van der Waals surface area contributed by atoms with Crippen molar-refractivity contribution in [1.29, 1.82) is 0 Å². The number of nitrogens with one attached hydrogen (secondary N) is 1. The summed E-state index contributed by atoms with van der Waals surface area (Å²) in [6.07, 6.45) is 2.99. The van der Waals surface area contributed by atoms with E-state index in [0.717, 1.165) is 22.4 Å². The van der Waals surface area contributed by atoms with Crippen LogP contribution in [0.1, 0.15) is 19.4 Å². The number of nitrogens with zero attached hydrogens (tertiary/aromatic N) is 1. The lowest BCUT2D eigenvalue weighted by Crippen LogP contribution is -2.39. The molecule has 0 aliphatic carbocycles. The van der Waals surface area contributed by atoms with Crippen molar-refractivity contribution >= 4 is 33.6 Å². The van der Waals surface area contributed by atoms with Gasteiger partial charge in [0.25, 0.3) is 0 Å². The van der Waals surface area contributed by atoms with Crippen LogP contribution in [0, 0.1) is 0 Å². The maximum absolute atomic E-state index is 12.7. The van der Waals surface area contributed by atoms with Gasteiger partial charge in [-0.2, -0.15) is 8.42 Å². The lowest BCUT2D eigenvalue weighted by molar-refractivity contribution is 0.193. The third-order valence-electron chi connectivity index (χ3n) is 3.72. The van der Waals surface area contributed by atoms with Crippen LogP contribution in [-0.2, 0) is 16.7 Å². The summed E-state index contributed by atoms with van der Waals surface area (Å²) in [5.41, 5.74) is 1.50. The average Bonchev–Trinajstić information content (AvgIpc) is 2.59. The number of hydrogen-bond acceptors (Lipinski definition) is 5. The molecule has 27 heavy (non-hydrogen) atoms. The Bertz CT molecular complexity index is 881. The molecule has 146 valence electrons. The molecule has 0 saturated carbocycles. The van der Waals surface area contributed by atoms with E-state index in [0.29, 0.717) is 6.54 Å². The summed E-state index contributed by atoms with van der Waals surface area (Å²) >= 11 is 1.64. The SMILES string of the molecule is CSc1ccc(NC(=O)N(Cc2cccc(OS(C)(=O)=O)c2)C(C)C)cc1. The fraction of sp³-hybridized carbons (Fsp3) is 0.316. The Labute approximate surface area is 165 Å². The van der Waals surface area contributed by atoms with Crippen LogP contribution < -0.4 is 9.50 Å². The van der Waals surface area contributed by atoms with Crippen LogP contribution in [0.15, 0.2) is 53.4 Å². The first-order chi connectivity index (χ1) is 12.7. The van der Waals surface area contributed by atoms with Crippen molar-refractivity contribution in [2.45, 2.75) is 31.3 Å². The van der Waals surface area contributed by atoms with Gasteiger partial charge < -0.3 is 14.4 Å². The summed E-state index contributed by atoms with van der Waals surface area (Å²) in [6, 6.07) is 14.1. The molecule has 0 aliphatic heterocycles. The number of carbonyl (C=O) groups is 1. The predicted molar refractivity (Wildman–Crippen MR) is 110 cm³/mol. The first-order valence-electron chi connectivity index (χ1n) is 8.38. The van der Waals surface area contributed by atoms with E-state index in [2.05, 4.69) is 5.32 Å². The van der Waals surface area contributed by atoms with Crippen molar-refractivity contribution in [1.82, 2.24) is 4.90 Å². The van der Waals surface area contributed by atoms with Crippen molar-refractivity contribution in [2.24, 2.45) is 0 Å². The molecule has 0 spiro atoms.